The van der Waals surface area contributed by atoms with Crippen LogP contribution in [0.2, 0.25) is 0 Å². The summed E-state index contributed by atoms with van der Waals surface area (Å²) in [5.74, 6) is -0.300. The number of aromatic nitrogens is 1. The van der Waals surface area contributed by atoms with Crippen LogP contribution in [0.5, 0.6) is 5.88 Å². The van der Waals surface area contributed by atoms with Gasteiger partial charge in [-0.2, -0.15) is 4.98 Å². The van der Waals surface area contributed by atoms with Gasteiger partial charge in [0, 0.05) is 12.5 Å². The van der Waals surface area contributed by atoms with Gasteiger partial charge >= 0.3 is 6.16 Å². The maximum absolute atomic E-state index is 13.3. The average molecular weight is 251 g/mol. The lowest BCUT2D eigenvalue weighted by molar-refractivity contribution is 0.143. The number of rotatable bonds is 2. The van der Waals surface area contributed by atoms with Crippen molar-refractivity contribution in [1.29, 1.82) is 0 Å². The average Bonchev–Trinajstić information content (AvgIpc) is 2.56. The highest BCUT2D eigenvalue weighted by molar-refractivity contribution is 5.68. The van der Waals surface area contributed by atoms with Gasteiger partial charge in [-0.3, -0.25) is 0 Å². The predicted molar refractivity (Wildman–Crippen MR) is 60.0 cm³/mol. The first-order valence-corrected chi connectivity index (χ1v) is 5.11. The van der Waals surface area contributed by atoms with Crippen LogP contribution in [-0.4, -0.2) is 16.2 Å². The zero-order valence-electron chi connectivity index (χ0n) is 9.73. The van der Waals surface area contributed by atoms with Crippen molar-refractivity contribution >= 4 is 6.16 Å². The molecule has 1 aromatic heterocycles. The largest absolute Gasteiger partial charge is 0.512 e. The standard InChI is InChI=1S/C12H10FNO4/c1-6-3-8(5-9(13)4-6)10-11(18-12(15)16)14-7(2)17-10/h3-5H,1-2H3,(H,15,16). The van der Waals surface area contributed by atoms with Crippen LogP contribution in [0.3, 0.4) is 0 Å². The van der Waals surface area contributed by atoms with Crippen molar-refractivity contribution in [2.75, 3.05) is 0 Å². The van der Waals surface area contributed by atoms with Gasteiger partial charge in [0.2, 0.25) is 0 Å². The SMILES string of the molecule is Cc1cc(F)cc(-c2oc(C)nc2OC(=O)O)c1. The van der Waals surface area contributed by atoms with Crippen molar-refractivity contribution in [2.24, 2.45) is 0 Å². The Kier molecular flexibility index (Phi) is 3.01. The first-order chi connectivity index (χ1) is 8.45. The van der Waals surface area contributed by atoms with Gasteiger partial charge in [-0.05, 0) is 30.7 Å². The number of carboxylic acid groups (broad SMARTS) is 1. The predicted octanol–water partition coefficient (Wildman–Crippen LogP) is 3.15. The number of oxazole rings is 1. The molecular weight excluding hydrogens is 241 g/mol. The Morgan fingerprint density at radius 2 is 2.11 bits per heavy atom. The normalized spacial score (nSPS) is 10.4. The second kappa shape index (κ2) is 4.48. The molecule has 0 spiro atoms. The van der Waals surface area contributed by atoms with Crippen LogP contribution < -0.4 is 4.74 Å². The number of nitrogens with zero attached hydrogens (tertiary/aromatic N) is 1. The van der Waals surface area contributed by atoms with Crippen LogP contribution in [0.4, 0.5) is 9.18 Å². The topological polar surface area (TPSA) is 72.6 Å². The highest BCUT2D eigenvalue weighted by Crippen LogP contribution is 2.31. The number of hydrogen-bond acceptors (Lipinski definition) is 4. The monoisotopic (exact) mass is 251 g/mol. The van der Waals surface area contributed by atoms with E-state index in [2.05, 4.69) is 9.72 Å². The summed E-state index contributed by atoms with van der Waals surface area (Å²) >= 11 is 0. The first-order valence-electron chi connectivity index (χ1n) is 5.11. The second-order valence-electron chi connectivity index (χ2n) is 3.75. The highest BCUT2D eigenvalue weighted by atomic mass is 19.1. The Bertz CT molecular complexity index is 586. The maximum atomic E-state index is 13.3. The number of ether oxygens (including phenoxy) is 1. The fourth-order valence-corrected chi connectivity index (χ4v) is 1.61. The van der Waals surface area contributed by atoms with Gasteiger partial charge in [-0.15, -0.1) is 0 Å². The van der Waals surface area contributed by atoms with E-state index >= 15 is 0 Å². The van der Waals surface area contributed by atoms with Gasteiger partial charge in [0.25, 0.3) is 5.88 Å². The smallest absolute Gasteiger partial charge is 0.449 e. The van der Waals surface area contributed by atoms with Crippen LogP contribution >= 0.6 is 0 Å². The molecule has 6 heteroatoms. The van der Waals surface area contributed by atoms with Gasteiger partial charge < -0.3 is 14.3 Å². The number of halogens is 1. The van der Waals surface area contributed by atoms with Gasteiger partial charge in [0.15, 0.2) is 11.7 Å². The third-order valence-electron chi connectivity index (χ3n) is 2.19. The van der Waals surface area contributed by atoms with E-state index in [0.29, 0.717) is 11.1 Å². The quantitative estimate of drug-likeness (QED) is 0.830. The van der Waals surface area contributed by atoms with E-state index in [0.717, 1.165) is 0 Å². The lowest BCUT2D eigenvalue weighted by Gasteiger charge is -2.01. The summed E-state index contributed by atoms with van der Waals surface area (Å²) < 4.78 is 23.0. The molecule has 0 unspecified atom stereocenters. The molecule has 5 nitrogen and oxygen atoms in total. The fourth-order valence-electron chi connectivity index (χ4n) is 1.61. The summed E-state index contributed by atoms with van der Waals surface area (Å²) in [6.07, 6.45) is -1.50. The fraction of sp³-hybridized carbons (Fsp3) is 0.167. The summed E-state index contributed by atoms with van der Waals surface area (Å²) in [5, 5.41) is 8.58. The third kappa shape index (κ3) is 2.48. The molecule has 0 radical (unpaired) electrons. The summed E-state index contributed by atoms with van der Waals surface area (Å²) in [4.78, 5) is 14.3. The van der Waals surface area contributed by atoms with E-state index in [9.17, 15) is 9.18 Å². The van der Waals surface area contributed by atoms with Crippen molar-refractivity contribution in [3.05, 3.63) is 35.5 Å². The van der Waals surface area contributed by atoms with Crippen molar-refractivity contribution in [3.63, 3.8) is 0 Å². The Balaban J connectivity index is 2.52. The Morgan fingerprint density at radius 3 is 2.72 bits per heavy atom. The van der Waals surface area contributed by atoms with Crippen LogP contribution in [0.15, 0.2) is 22.6 Å². The van der Waals surface area contributed by atoms with E-state index < -0.39 is 12.0 Å². The van der Waals surface area contributed by atoms with Crippen molar-refractivity contribution < 1.29 is 23.4 Å². The molecule has 1 aromatic carbocycles. The molecule has 0 saturated carbocycles. The van der Waals surface area contributed by atoms with Crippen LogP contribution in [-0.2, 0) is 0 Å². The number of benzene rings is 1. The Hall–Kier alpha value is -2.37. The molecule has 0 aliphatic carbocycles. The number of carbonyl (C=O) groups is 1. The molecule has 0 fully saturated rings. The third-order valence-corrected chi connectivity index (χ3v) is 2.19. The summed E-state index contributed by atoms with van der Waals surface area (Å²) in [6, 6.07) is 4.23. The summed E-state index contributed by atoms with van der Waals surface area (Å²) in [5.41, 5.74) is 1.06. The van der Waals surface area contributed by atoms with Crippen LogP contribution in [0.25, 0.3) is 11.3 Å². The Morgan fingerprint density at radius 1 is 1.39 bits per heavy atom. The molecule has 0 aliphatic heterocycles. The molecule has 0 amide bonds. The van der Waals surface area contributed by atoms with Gasteiger partial charge in [-0.1, -0.05) is 0 Å². The molecule has 0 aliphatic rings. The van der Waals surface area contributed by atoms with Crippen molar-refractivity contribution in [2.45, 2.75) is 13.8 Å². The molecule has 1 heterocycles. The molecule has 18 heavy (non-hydrogen) atoms. The highest BCUT2D eigenvalue weighted by Gasteiger charge is 2.18. The molecule has 0 saturated heterocycles. The number of hydrogen-bond donors (Lipinski definition) is 1. The summed E-state index contributed by atoms with van der Waals surface area (Å²) in [6.45, 7) is 3.26. The lowest BCUT2D eigenvalue weighted by Crippen LogP contribution is -2.04. The molecule has 2 aromatic rings. The van der Waals surface area contributed by atoms with E-state index in [1.807, 2.05) is 0 Å². The maximum Gasteiger partial charge on any atom is 0.512 e. The molecule has 1 N–H and O–H groups in total. The summed E-state index contributed by atoms with van der Waals surface area (Å²) in [7, 11) is 0. The zero-order chi connectivity index (χ0) is 13.3. The Labute approximate surface area is 102 Å². The van der Waals surface area contributed by atoms with Gasteiger partial charge in [-0.25, -0.2) is 9.18 Å². The van der Waals surface area contributed by atoms with Gasteiger partial charge in [0.05, 0.1) is 0 Å². The van der Waals surface area contributed by atoms with E-state index in [1.165, 1.54) is 12.1 Å². The minimum absolute atomic E-state index is 0.0949. The second-order valence-corrected chi connectivity index (χ2v) is 3.75. The zero-order valence-corrected chi connectivity index (χ0v) is 9.73. The van der Waals surface area contributed by atoms with Crippen molar-refractivity contribution in [3.8, 4) is 17.2 Å². The number of aryl methyl sites for hydroxylation is 2. The van der Waals surface area contributed by atoms with Gasteiger partial charge in [0.1, 0.15) is 5.82 Å². The molecule has 2 rings (SSSR count). The van der Waals surface area contributed by atoms with Crippen LogP contribution in [0.1, 0.15) is 11.5 Å². The minimum atomic E-state index is -1.50. The van der Waals surface area contributed by atoms with Crippen molar-refractivity contribution in [1.82, 2.24) is 4.98 Å². The lowest BCUT2D eigenvalue weighted by atomic mass is 10.1. The van der Waals surface area contributed by atoms with Crippen LogP contribution in [0, 0.1) is 19.7 Å². The molecule has 0 atom stereocenters. The van der Waals surface area contributed by atoms with E-state index in [1.54, 1.807) is 19.9 Å². The molecule has 0 bridgehead atoms. The molecule has 94 valence electrons. The first kappa shape index (κ1) is 12.1. The van der Waals surface area contributed by atoms with E-state index in [-0.39, 0.29) is 17.5 Å². The van der Waals surface area contributed by atoms with E-state index in [4.69, 9.17) is 9.52 Å². The minimum Gasteiger partial charge on any atom is -0.449 e. The molecular formula is C12H10FNO4.